The minimum atomic E-state index is -0.379. The van der Waals surface area contributed by atoms with Gasteiger partial charge in [0.05, 0.1) is 37.6 Å². The summed E-state index contributed by atoms with van der Waals surface area (Å²) in [5.74, 6) is 0. The molecule has 3 N–H and O–H groups in total. The maximum atomic E-state index is 5.81. The zero-order valence-corrected chi connectivity index (χ0v) is 14.2. The first-order valence-corrected chi connectivity index (χ1v) is 7.55. The van der Waals surface area contributed by atoms with Crippen molar-refractivity contribution in [3.05, 3.63) is 0 Å². The van der Waals surface area contributed by atoms with E-state index in [9.17, 15) is 0 Å². The van der Waals surface area contributed by atoms with Crippen LogP contribution >= 0.6 is 0 Å². The van der Waals surface area contributed by atoms with Gasteiger partial charge < -0.3 is 25.3 Å². The van der Waals surface area contributed by atoms with E-state index < -0.39 is 0 Å². The fourth-order valence-electron chi connectivity index (χ4n) is 1.81. The van der Waals surface area contributed by atoms with Crippen molar-refractivity contribution >= 4 is 0 Å². The van der Waals surface area contributed by atoms with Crippen molar-refractivity contribution in [3.8, 4) is 0 Å². The van der Waals surface area contributed by atoms with Gasteiger partial charge in [-0.15, -0.1) is 0 Å². The van der Waals surface area contributed by atoms with Gasteiger partial charge in [-0.1, -0.05) is 13.8 Å². The van der Waals surface area contributed by atoms with Gasteiger partial charge in [0.15, 0.2) is 0 Å². The first-order valence-electron chi connectivity index (χ1n) is 7.55. The minimum Gasteiger partial charge on any atom is -0.377 e. The van der Waals surface area contributed by atoms with Crippen LogP contribution in [-0.2, 0) is 14.2 Å². The van der Waals surface area contributed by atoms with Crippen LogP contribution in [0.4, 0.5) is 0 Å². The molecule has 0 heterocycles. The monoisotopic (exact) mass is 290 g/mol. The smallest absolute Gasteiger partial charge is 0.102 e. The third kappa shape index (κ3) is 9.66. The lowest BCUT2D eigenvalue weighted by Crippen LogP contribution is -2.59. The lowest BCUT2D eigenvalue weighted by Gasteiger charge is -2.37. The van der Waals surface area contributed by atoms with Gasteiger partial charge in [-0.2, -0.15) is 0 Å². The molecule has 1 atom stereocenters. The second kappa shape index (κ2) is 9.68. The van der Waals surface area contributed by atoms with Crippen LogP contribution in [0.25, 0.3) is 0 Å². The summed E-state index contributed by atoms with van der Waals surface area (Å²) in [6.07, 6.45) is 0.0248. The van der Waals surface area contributed by atoms with Gasteiger partial charge in [0.1, 0.15) is 6.23 Å². The van der Waals surface area contributed by atoms with Crippen LogP contribution in [0.5, 0.6) is 0 Å². The van der Waals surface area contributed by atoms with E-state index in [-0.39, 0.29) is 24.0 Å². The highest BCUT2D eigenvalue weighted by Gasteiger charge is 2.33. The number of nitrogens with one attached hydrogen (secondary N) is 1. The predicted octanol–water partition coefficient (Wildman–Crippen LogP) is 1.89. The minimum absolute atomic E-state index is 0.165. The molecule has 122 valence electrons. The van der Waals surface area contributed by atoms with E-state index in [2.05, 4.69) is 19.2 Å². The van der Waals surface area contributed by atoms with Crippen molar-refractivity contribution in [2.45, 2.75) is 78.5 Å². The Morgan fingerprint density at radius 1 is 0.800 bits per heavy atom. The quantitative estimate of drug-likeness (QED) is 0.569. The van der Waals surface area contributed by atoms with E-state index in [0.717, 1.165) is 0 Å². The largest absolute Gasteiger partial charge is 0.377 e. The van der Waals surface area contributed by atoms with E-state index in [1.807, 2.05) is 34.6 Å². The normalized spacial score (nSPS) is 14.6. The molecule has 0 fully saturated rings. The molecule has 0 amide bonds. The summed E-state index contributed by atoms with van der Waals surface area (Å²) < 4.78 is 17.2. The van der Waals surface area contributed by atoms with Crippen LogP contribution in [0.1, 0.15) is 48.5 Å². The molecule has 0 aliphatic heterocycles. The maximum absolute atomic E-state index is 5.81. The topological polar surface area (TPSA) is 65.7 Å². The van der Waals surface area contributed by atoms with Crippen molar-refractivity contribution in [3.63, 3.8) is 0 Å². The molecule has 0 aliphatic rings. The van der Waals surface area contributed by atoms with Gasteiger partial charge in [0.25, 0.3) is 0 Å². The molecule has 0 bridgehead atoms. The number of hydrogen-bond acceptors (Lipinski definition) is 5. The highest BCUT2D eigenvalue weighted by molar-refractivity contribution is 4.90. The Bertz CT molecular complexity index is 212. The zero-order valence-electron chi connectivity index (χ0n) is 14.2. The highest BCUT2D eigenvalue weighted by atomic mass is 16.5. The van der Waals surface area contributed by atoms with Crippen LogP contribution < -0.4 is 11.1 Å². The Morgan fingerprint density at radius 2 is 1.20 bits per heavy atom. The molecule has 0 saturated carbocycles. The second-order valence-corrected chi connectivity index (χ2v) is 6.32. The lowest BCUT2D eigenvalue weighted by atomic mass is 10.0. The van der Waals surface area contributed by atoms with Crippen LogP contribution in [0.15, 0.2) is 0 Å². The number of rotatable bonds is 11. The molecule has 5 nitrogen and oxygen atoms in total. The second-order valence-electron chi connectivity index (χ2n) is 6.32. The Labute approximate surface area is 124 Å². The van der Waals surface area contributed by atoms with Crippen molar-refractivity contribution in [1.29, 1.82) is 0 Å². The Balaban J connectivity index is 4.84. The fourth-order valence-corrected chi connectivity index (χ4v) is 1.81. The van der Waals surface area contributed by atoms with Crippen molar-refractivity contribution in [1.82, 2.24) is 5.32 Å². The Hall–Kier alpha value is -0.200. The molecule has 0 saturated heterocycles. The molecular formula is C15H34N2O3. The van der Waals surface area contributed by atoms with Crippen molar-refractivity contribution in [2.24, 2.45) is 5.73 Å². The summed E-state index contributed by atoms with van der Waals surface area (Å²) in [5.41, 5.74) is 5.33. The zero-order chi connectivity index (χ0) is 15.8. The molecule has 20 heavy (non-hydrogen) atoms. The van der Waals surface area contributed by atoms with Gasteiger partial charge in [-0.25, -0.2) is 0 Å². The summed E-state index contributed by atoms with van der Waals surface area (Å²) >= 11 is 0. The number of hydrogen-bond donors (Lipinski definition) is 2. The van der Waals surface area contributed by atoms with Gasteiger partial charge >= 0.3 is 0 Å². The van der Waals surface area contributed by atoms with E-state index in [0.29, 0.717) is 25.9 Å². The van der Waals surface area contributed by atoms with E-state index in [4.69, 9.17) is 19.9 Å². The SMILES string of the molecule is CC(C)NC(COC(C)C)(COC(C)C)COC(C)N. The van der Waals surface area contributed by atoms with Crippen LogP contribution in [0.2, 0.25) is 0 Å². The maximum Gasteiger partial charge on any atom is 0.102 e. The Morgan fingerprint density at radius 3 is 1.50 bits per heavy atom. The van der Waals surface area contributed by atoms with Gasteiger partial charge in [0, 0.05) is 6.04 Å². The van der Waals surface area contributed by atoms with E-state index in [1.54, 1.807) is 0 Å². The first-order chi connectivity index (χ1) is 9.17. The number of nitrogens with two attached hydrogens (primary N) is 1. The molecule has 0 spiro atoms. The van der Waals surface area contributed by atoms with Crippen LogP contribution in [0, 0.1) is 0 Å². The fraction of sp³-hybridized carbons (Fsp3) is 1.00. The lowest BCUT2D eigenvalue weighted by molar-refractivity contribution is -0.0778. The molecule has 0 aromatic rings. The van der Waals surface area contributed by atoms with Crippen molar-refractivity contribution < 1.29 is 14.2 Å². The summed E-state index contributed by atoms with van der Waals surface area (Å²) in [7, 11) is 0. The summed E-state index contributed by atoms with van der Waals surface area (Å²) in [6.45, 7) is 15.6. The Kier molecular flexibility index (Phi) is 9.59. The van der Waals surface area contributed by atoms with Crippen LogP contribution in [0.3, 0.4) is 0 Å². The van der Waals surface area contributed by atoms with Crippen LogP contribution in [-0.4, -0.2) is 49.8 Å². The van der Waals surface area contributed by atoms with E-state index in [1.165, 1.54) is 0 Å². The molecule has 0 aromatic carbocycles. The molecule has 0 rings (SSSR count). The summed E-state index contributed by atoms with van der Waals surface area (Å²) in [5, 5.41) is 3.53. The third-order valence-electron chi connectivity index (χ3n) is 2.60. The molecule has 5 heteroatoms. The first kappa shape index (κ1) is 19.8. The summed E-state index contributed by atoms with van der Waals surface area (Å²) in [4.78, 5) is 0. The van der Waals surface area contributed by atoms with Crippen molar-refractivity contribution in [2.75, 3.05) is 19.8 Å². The molecule has 1 unspecified atom stereocenters. The molecule has 0 aromatic heterocycles. The third-order valence-corrected chi connectivity index (χ3v) is 2.60. The summed E-state index contributed by atoms with van der Waals surface area (Å²) in [6, 6.07) is 0.304. The highest BCUT2D eigenvalue weighted by Crippen LogP contribution is 2.13. The molecule has 0 radical (unpaired) electrons. The average Bonchev–Trinajstić information content (AvgIpc) is 2.30. The van der Waals surface area contributed by atoms with Gasteiger partial charge in [-0.05, 0) is 34.6 Å². The van der Waals surface area contributed by atoms with Gasteiger partial charge in [-0.3, -0.25) is 0 Å². The molecule has 0 aliphatic carbocycles. The van der Waals surface area contributed by atoms with Gasteiger partial charge in [0.2, 0.25) is 0 Å². The molecular weight excluding hydrogens is 256 g/mol. The average molecular weight is 290 g/mol. The standard InChI is InChI=1S/C15H34N2O3/c1-11(2)17-15(8-18-12(3)4,9-19-13(5)6)10-20-14(7)16/h11-14,17H,8-10,16H2,1-7H3. The van der Waals surface area contributed by atoms with E-state index >= 15 is 0 Å². The number of ether oxygens (including phenoxy) is 3. The predicted molar refractivity (Wildman–Crippen MR) is 82.8 cm³/mol.